The van der Waals surface area contributed by atoms with Gasteiger partial charge in [0.1, 0.15) is 12.3 Å². The number of likely N-dealkylation sites (tertiary alicyclic amines) is 2. The summed E-state index contributed by atoms with van der Waals surface area (Å²) in [5, 5.41) is 0. The molecule has 3 heterocycles. The van der Waals surface area contributed by atoms with Crippen molar-refractivity contribution in [3.8, 4) is 0 Å². The smallest absolute Gasteiger partial charge is 0.255 e. The highest BCUT2D eigenvalue weighted by Crippen LogP contribution is 2.19. The van der Waals surface area contributed by atoms with Gasteiger partial charge in [-0.1, -0.05) is 0 Å². The number of alkyl halides is 2. The van der Waals surface area contributed by atoms with Gasteiger partial charge in [-0.15, -0.1) is 0 Å². The van der Waals surface area contributed by atoms with Crippen molar-refractivity contribution in [3.05, 3.63) is 23.5 Å². The fraction of sp³-hybridized carbons (Fsp3) is 0.538. The topological polar surface area (TPSA) is 56.4 Å². The molecule has 0 aromatic carbocycles. The summed E-state index contributed by atoms with van der Waals surface area (Å²) in [5.41, 5.74) is 0.896. The highest BCUT2D eigenvalue weighted by atomic mass is 19.1. The lowest BCUT2D eigenvalue weighted by Gasteiger charge is -2.35. The molecule has 2 fully saturated rings. The first-order valence-corrected chi connectivity index (χ1v) is 6.56. The van der Waals surface area contributed by atoms with E-state index >= 15 is 0 Å². The molecule has 5 nitrogen and oxygen atoms in total. The van der Waals surface area contributed by atoms with Crippen LogP contribution in [0.5, 0.6) is 0 Å². The van der Waals surface area contributed by atoms with E-state index in [2.05, 4.69) is 4.98 Å². The Bertz CT molecular complexity index is 533. The lowest BCUT2D eigenvalue weighted by Crippen LogP contribution is -2.52. The van der Waals surface area contributed by atoms with E-state index in [1.54, 1.807) is 12.3 Å². The summed E-state index contributed by atoms with van der Waals surface area (Å²) in [6.45, 7) is 0.455. The van der Waals surface area contributed by atoms with E-state index in [1.165, 1.54) is 9.80 Å². The molecular formula is C13H15F2N3O2. The van der Waals surface area contributed by atoms with Gasteiger partial charge < -0.3 is 14.8 Å². The summed E-state index contributed by atoms with van der Waals surface area (Å²) in [5.74, 6) is -0.475. The van der Waals surface area contributed by atoms with Crippen LogP contribution in [0, 0.1) is 0 Å². The number of nitrogens with one attached hydrogen (secondary N) is 1. The van der Waals surface area contributed by atoms with Crippen molar-refractivity contribution < 1.29 is 18.4 Å². The second kappa shape index (κ2) is 4.88. The van der Waals surface area contributed by atoms with Crippen molar-refractivity contribution in [3.63, 3.8) is 0 Å². The number of rotatable bonds is 3. The van der Waals surface area contributed by atoms with Gasteiger partial charge in [-0.25, -0.2) is 8.78 Å². The zero-order valence-electron chi connectivity index (χ0n) is 10.8. The molecule has 0 bridgehead atoms. The number of carbonyl (C=O) groups excluding carboxylic acids is 2. The maximum atomic E-state index is 12.8. The summed E-state index contributed by atoms with van der Waals surface area (Å²) < 4.78 is 25.5. The quantitative estimate of drug-likeness (QED) is 0.880. The molecular weight excluding hydrogens is 268 g/mol. The molecule has 3 rings (SSSR count). The molecule has 20 heavy (non-hydrogen) atoms. The molecule has 2 saturated heterocycles. The molecule has 0 aliphatic carbocycles. The van der Waals surface area contributed by atoms with Crippen LogP contribution in [-0.4, -0.2) is 65.1 Å². The van der Waals surface area contributed by atoms with Gasteiger partial charge in [0, 0.05) is 11.9 Å². The molecule has 0 spiro atoms. The third-order valence-corrected chi connectivity index (χ3v) is 3.70. The van der Waals surface area contributed by atoms with Gasteiger partial charge in [0.05, 0.1) is 38.2 Å². The molecule has 2 amide bonds. The molecule has 2 aliphatic rings. The first-order chi connectivity index (χ1) is 9.54. The molecule has 1 aromatic heterocycles. The van der Waals surface area contributed by atoms with E-state index in [-0.39, 0.29) is 44.4 Å². The van der Waals surface area contributed by atoms with Crippen LogP contribution in [0.2, 0.25) is 0 Å². The number of nitrogens with zero attached hydrogens (tertiary/aromatic N) is 2. The Labute approximate surface area is 114 Å². The molecule has 1 aromatic rings. The Morgan fingerprint density at radius 2 is 1.75 bits per heavy atom. The minimum absolute atomic E-state index is 0.0354. The largest absolute Gasteiger partial charge is 0.364 e. The molecule has 0 radical (unpaired) electrons. The number of aromatic nitrogens is 1. The van der Waals surface area contributed by atoms with E-state index in [0.717, 1.165) is 0 Å². The summed E-state index contributed by atoms with van der Waals surface area (Å²) in [6.07, 6.45) is -0.276. The molecule has 7 heteroatoms. The zero-order chi connectivity index (χ0) is 14.3. The lowest BCUT2D eigenvalue weighted by atomic mass is 10.1. The maximum absolute atomic E-state index is 12.8. The number of carbonyl (C=O) groups is 2. The second-order valence-corrected chi connectivity index (χ2v) is 5.25. The summed E-state index contributed by atoms with van der Waals surface area (Å²) in [4.78, 5) is 29.7. The minimum atomic E-state index is -0.953. The SMILES string of the molecule is O=C(Cc1[nH]ccc1C(=O)N1CC(F)C1)N1CC(F)C1. The van der Waals surface area contributed by atoms with Crippen LogP contribution < -0.4 is 0 Å². The highest BCUT2D eigenvalue weighted by molar-refractivity contribution is 5.97. The number of hydrogen-bond donors (Lipinski definition) is 1. The van der Waals surface area contributed by atoms with Gasteiger partial charge in [0.2, 0.25) is 5.91 Å². The van der Waals surface area contributed by atoms with Crippen molar-refractivity contribution in [2.45, 2.75) is 18.8 Å². The van der Waals surface area contributed by atoms with Crippen molar-refractivity contribution in [1.29, 1.82) is 0 Å². The van der Waals surface area contributed by atoms with Crippen LogP contribution in [0.4, 0.5) is 8.78 Å². The summed E-state index contributed by atoms with van der Waals surface area (Å²) in [6, 6.07) is 1.59. The van der Waals surface area contributed by atoms with Gasteiger partial charge >= 0.3 is 0 Å². The maximum Gasteiger partial charge on any atom is 0.255 e. The second-order valence-electron chi connectivity index (χ2n) is 5.25. The van der Waals surface area contributed by atoms with Crippen LogP contribution in [0.15, 0.2) is 12.3 Å². The van der Waals surface area contributed by atoms with E-state index in [4.69, 9.17) is 0 Å². The van der Waals surface area contributed by atoms with Gasteiger partial charge in [-0.3, -0.25) is 9.59 Å². The summed E-state index contributed by atoms with van der Waals surface area (Å²) in [7, 11) is 0. The van der Waals surface area contributed by atoms with Gasteiger partial charge in [-0.05, 0) is 6.07 Å². The molecule has 0 saturated carbocycles. The van der Waals surface area contributed by atoms with Crippen molar-refractivity contribution in [1.82, 2.24) is 14.8 Å². The van der Waals surface area contributed by atoms with Crippen LogP contribution in [0.3, 0.4) is 0 Å². The summed E-state index contributed by atoms with van der Waals surface area (Å²) >= 11 is 0. The van der Waals surface area contributed by atoms with Crippen molar-refractivity contribution in [2.24, 2.45) is 0 Å². The molecule has 1 N–H and O–H groups in total. The fourth-order valence-corrected chi connectivity index (χ4v) is 2.40. The predicted octanol–water partition coefficient (Wildman–Crippen LogP) is 0.531. The van der Waals surface area contributed by atoms with Gasteiger partial charge in [0.15, 0.2) is 0 Å². The lowest BCUT2D eigenvalue weighted by molar-refractivity contribution is -0.137. The van der Waals surface area contributed by atoms with E-state index in [9.17, 15) is 18.4 Å². The van der Waals surface area contributed by atoms with Crippen LogP contribution >= 0.6 is 0 Å². The monoisotopic (exact) mass is 283 g/mol. The third kappa shape index (κ3) is 2.28. The van der Waals surface area contributed by atoms with Crippen molar-refractivity contribution in [2.75, 3.05) is 26.2 Å². The fourth-order valence-electron chi connectivity index (χ4n) is 2.40. The zero-order valence-corrected chi connectivity index (χ0v) is 10.8. The number of amides is 2. The van der Waals surface area contributed by atoms with E-state index < -0.39 is 12.3 Å². The molecule has 108 valence electrons. The van der Waals surface area contributed by atoms with Crippen LogP contribution in [0.25, 0.3) is 0 Å². The van der Waals surface area contributed by atoms with E-state index in [0.29, 0.717) is 11.3 Å². The number of hydrogen-bond acceptors (Lipinski definition) is 2. The van der Waals surface area contributed by atoms with Gasteiger partial charge in [0.25, 0.3) is 5.91 Å². The Morgan fingerprint density at radius 1 is 1.15 bits per heavy atom. The Morgan fingerprint density at radius 3 is 2.35 bits per heavy atom. The first-order valence-electron chi connectivity index (χ1n) is 6.56. The third-order valence-electron chi connectivity index (χ3n) is 3.70. The normalized spacial score (nSPS) is 19.7. The number of halogens is 2. The van der Waals surface area contributed by atoms with Gasteiger partial charge in [-0.2, -0.15) is 0 Å². The standard InChI is InChI=1S/C13H15F2N3O2/c14-8-4-17(5-8)12(19)3-11-10(1-2-16-11)13(20)18-6-9(15)7-18/h1-2,8-9,16H,3-7H2. The molecule has 2 aliphatic heterocycles. The average Bonchev–Trinajstić information content (AvgIpc) is 2.78. The minimum Gasteiger partial charge on any atom is -0.364 e. The van der Waals surface area contributed by atoms with E-state index in [1.807, 2.05) is 0 Å². The molecule has 0 atom stereocenters. The predicted molar refractivity (Wildman–Crippen MR) is 66.8 cm³/mol. The number of H-pyrrole nitrogens is 1. The highest BCUT2D eigenvalue weighted by Gasteiger charge is 2.34. The number of aromatic amines is 1. The molecule has 0 unspecified atom stereocenters. The van der Waals surface area contributed by atoms with Crippen LogP contribution in [0.1, 0.15) is 16.1 Å². The van der Waals surface area contributed by atoms with Crippen molar-refractivity contribution >= 4 is 11.8 Å². The average molecular weight is 283 g/mol. The Hall–Kier alpha value is -1.92. The Kier molecular flexibility index (Phi) is 3.19. The van der Waals surface area contributed by atoms with Crippen LogP contribution in [-0.2, 0) is 11.2 Å². The first kappa shape index (κ1) is 13.1. The Balaban J connectivity index is 1.64.